The van der Waals surface area contributed by atoms with Crippen LogP contribution in [-0.2, 0) is 7.05 Å². The first-order valence-corrected chi connectivity index (χ1v) is 9.41. The van der Waals surface area contributed by atoms with Crippen molar-refractivity contribution in [2.75, 3.05) is 13.1 Å². The summed E-state index contributed by atoms with van der Waals surface area (Å²) in [6, 6.07) is 0. The summed E-state index contributed by atoms with van der Waals surface area (Å²) in [7, 11) is 1.88. The molecule has 156 valence electrons. The van der Waals surface area contributed by atoms with E-state index in [-0.39, 0.29) is 6.10 Å². The van der Waals surface area contributed by atoms with Gasteiger partial charge in [-0.25, -0.2) is 19.9 Å². The molecule has 4 heterocycles. The molecule has 0 unspecified atom stereocenters. The van der Waals surface area contributed by atoms with E-state index in [2.05, 4.69) is 24.9 Å². The van der Waals surface area contributed by atoms with E-state index in [0.29, 0.717) is 41.8 Å². The third kappa shape index (κ3) is 5.43. The molecule has 0 bridgehead atoms. The van der Waals surface area contributed by atoms with Crippen LogP contribution in [0.2, 0.25) is 0 Å². The Kier molecular flexibility index (Phi) is 6.06. The van der Waals surface area contributed by atoms with Crippen molar-refractivity contribution in [3.05, 3.63) is 24.5 Å². The minimum Gasteiger partial charge on any atom is -0.471 e. The van der Waals surface area contributed by atoms with E-state index < -0.39 is 5.60 Å². The van der Waals surface area contributed by atoms with Gasteiger partial charge in [-0.3, -0.25) is 0 Å². The highest BCUT2D eigenvalue weighted by atomic mass is 16.5. The Morgan fingerprint density at radius 3 is 2.38 bits per heavy atom. The number of aliphatic hydroxyl groups is 1. The van der Waals surface area contributed by atoms with Crippen LogP contribution in [0.4, 0.5) is 0 Å². The zero-order chi connectivity index (χ0) is 21.2. The van der Waals surface area contributed by atoms with Crippen LogP contribution in [0.25, 0.3) is 22.6 Å². The van der Waals surface area contributed by atoms with Gasteiger partial charge in [0.05, 0.1) is 17.7 Å². The van der Waals surface area contributed by atoms with Gasteiger partial charge >= 0.3 is 0 Å². The average molecular weight is 401 g/mol. The van der Waals surface area contributed by atoms with Crippen molar-refractivity contribution >= 4 is 11.2 Å². The van der Waals surface area contributed by atoms with Gasteiger partial charge in [0.15, 0.2) is 11.2 Å². The van der Waals surface area contributed by atoms with Crippen LogP contribution in [0, 0.1) is 6.92 Å². The Morgan fingerprint density at radius 1 is 1.14 bits per heavy atom. The molecule has 1 aliphatic heterocycles. The summed E-state index contributed by atoms with van der Waals surface area (Å²) < 4.78 is 7.79. The minimum atomic E-state index is -0.500. The van der Waals surface area contributed by atoms with Gasteiger partial charge in [0, 0.05) is 32.4 Å². The molecule has 29 heavy (non-hydrogen) atoms. The maximum absolute atomic E-state index is 9.50. The van der Waals surface area contributed by atoms with Crippen LogP contribution in [0.1, 0.15) is 33.0 Å². The monoisotopic (exact) mass is 401 g/mol. The highest BCUT2D eigenvalue weighted by molar-refractivity contribution is 5.80. The third-order valence-corrected chi connectivity index (χ3v) is 4.06. The summed E-state index contributed by atoms with van der Waals surface area (Å²) in [5, 5.41) is 19.3. The molecule has 1 aliphatic rings. The molecule has 0 radical (unpaired) electrons. The molecule has 1 fully saturated rings. The van der Waals surface area contributed by atoms with Crippen LogP contribution < -0.4 is 4.74 Å². The number of hydrogen-bond acceptors (Lipinski definition) is 9. The van der Waals surface area contributed by atoms with E-state index in [1.54, 1.807) is 33.2 Å². The Hall–Kier alpha value is -2.69. The number of aromatic nitrogens is 6. The molecule has 1 saturated heterocycles. The molecule has 10 nitrogen and oxygen atoms in total. The van der Waals surface area contributed by atoms with Crippen molar-refractivity contribution < 1.29 is 15.1 Å². The van der Waals surface area contributed by atoms with Gasteiger partial charge in [-0.2, -0.15) is 10.0 Å². The lowest BCUT2D eigenvalue weighted by Crippen LogP contribution is -2.22. The van der Waals surface area contributed by atoms with Crippen LogP contribution in [-0.4, -0.2) is 69.7 Å². The molecule has 3 aromatic rings. The summed E-state index contributed by atoms with van der Waals surface area (Å²) in [5.41, 5.74) is 1.57. The number of nitrogens with zero attached hydrogens (tertiary/aromatic N) is 7. The number of hydroxylamine groups is 2. The van der Waals surface area contributed by atoms with E-state index in [9.17, 15) is 5.21 Å². The first-order valence-electron chi connectivity index (χ1n) is 9.41. The Balaban J connectivity index is 0.000000431. The molecule has 0 aromatic carbocycles. The molecule has 10 heteroatoms. The van der Waals surface area contributed by atoms with Crippen molar-refractivity contribution in [1.29, 1.82) is 0 Å². The van der Waals surface area contributed by atoms with Crippen molar-refractivity contribution in [2.45, 2.75) is 45.8 Å². The topological polar surface area (TPSA) is 122 Å². The SMILES string of the molecule is CC(C)(C)O.Cc1ncc(-c2nc3c(O[C@H]4CCN(O)C4)ncnc3n2C)cn1. The van der Waals surface area contributed by atoms with Gasteiger partial charge in [0.2, 0.25) is 5.88 Å². The molecule has 4 rings (SSSR count). The van der Waals surface area contributed by atoms with E-state index >= 15 is 0 Å². The van der Waals surface area contributed by atoms with Crippen LogP contribution >= 0.6 is 0 Å². The number of ether oxygens (including phenoxy) is 1. The largest absolute Gasteiger partial charge is 0.471 e. The van der Waals surface area contributed by atoms with Crippen LogP contribution in [0.3, 0.4) is 0 Å². The fraction of sp³-hybridized carbons (Fsp3) is 0.526. The number of imidazole rings is 1. The van der Waals surface area contributed by atoms with Gasteiger partial charge in [-0.15, -0.1) is 0 Å². The highest BCUT2D eigenvalue weighted by Crippen LogP contribution is 2.27. The number of fused-ring (bicyclic) bond motifs is 1. The fourth-order valence-electron chi connectivity index (χ4n) is 2.80. The molecule has 1 atom stereocenters. The van der Waals surface area contributed by atoms with Crippen LogP contribution in [0.5, 0.6) is 5.88 Å². The quantitative estimate of drug-likeness (QED) is 0.675. The Morgan fingerprint density at radius 2 is 1.79 bits per heavy atom. The van der Waals surface area contributed by atoms with E-state index in [1.807, 2.05) is 18.5 Å². The number of rotatable bonds is 3. The normalized spacial score (nSPS) is 17.3. The van der Waals surface area contributed by atoms with Gasteiger partial charge in [0.1, 0.15) is 24.1 Å². The van der Waals surface area contributed by atoms with Crippen molar-refractivity contribution in [1.82, 2.24) is 34.6 Å². The van der Waals surface area contributed by atoms with Crippen molar-refractivity contribution in [2.24, 2.45) is 7.05 Å². The summed E-state index contributed by atoms with van der Waals surface area (Å²) in [6.45, 7) is 8.11. The maximum atomic E-state index is 9.50. The standard InChI is InChI=1S/C15H17N7O2.C4H10O/c1-9-16-5-10(6-17-9)13-20-12-14(21(13)2)18-8-19-15(12)24-11-3-4-22(23)7-11;1-4(2,3)5/h5-6,8,11,23H,3-4,7H2,1-2H3;5H,1-3H3/t11-;/m0./s1. The number of hydrogen-bond donors (Lipinski definition) is 2. The molecule has 0 amide bonds. The van der Waals surface area contributed by atoms with E-state index in [0.717, 1.165) is 12.0 Å². The predicted molar refractivity (Wildman–Crippen MR) is 106 cm³/mol. The lowest BCUT2D eigenvalue weighted by atomic mass is 10.2. The summed E-state index contributed by atoms with van der Waals surface area (Å²) in [5.74, 6) is 1.83. The zero-order valence-electron chi connectivity index (χ0n) is 17.4. The maximum Gasteiger partial charge on any atom is 0.245 e. The van der Waals surface area contributed by atoms with Crippen molar-refractivity contribution in [3.8, 4) is 17.3 Å². The Labute approximate surface area is 169 Å². The smallest absolute Gasteiger partial charge is 0.245 e. The minimum absolute atomic E-state index is 0.110. The third-order valence-electron chi connectivity index (χ3n) is 4.06. The van der Waals surface area contributed by atoms with Gasteiger partial charge in [-0.1, -0.05) is 0 Å². The van der Waals surface area contributed by atoms with E-state index in [4.69, 9.17) is 9.84 Å². The first-order chi connectivity index (χ1) is 13.6. The second-order valence-corrected chi connectivity index (χ2v) is 7.98. The lowest BCUT2D eigenvalue weighted by molar-refractivity contribution is -0.0746. The van der Waals surface area contributed by atoms with Crippen LogP contribution in [0.15, 0.2) is 18.7 Å². The summed E-state index contributed by atoms with van der Waals surface area (Å²) >= 11 is 0. The van der Waals surface area contributed by atoms with Gasteiger partial charge < -0.3 is 19.6 Å². The number of aryl methyl sites for hydroxylation is 2. The molecular weight excluding hydrogens is 374 g/mol. The van der Waals surface area contributed by atoms with E-state index in [1.165, 1.54) is 11.4 Å². The molecule has 2 N–H and O–H groups in total. The first kappa shape index (κ1) is 21.0. The summed E-state index contributed by atoms with van der Waals surface area (Å²) in [6.07, 6.45) is 5.56. The molecular formula is C19H27N7O3. The zero-order valence-corrected chi connectivity index (χ0v) is 17.4. The highest BCUT2D eigenvalue weighted by Gasteiger charge is 2.25. The summed E-state index contributed by atoms with van der Waals surface area (Å²) in [4.78, 5) is 21.6. The average Bonchev–Trinajstić information content (AvgIpc) is 3.19. The molecule has 3 aromatic heterocycles. The molecule has 0 aliphatic carbocycles. The molecule has 0 saturated carbocycles. The fourth-order valence-corrected chi connectivity index (χ4v) is 2.80. The van der Waals surface area contributed by atoms with Gasteiger partial charge in [-0.05, 0) is 27.7 Å². The second-order valence-electron chi connectivity index (χ2n) is 7.98. The molecule has 0 spiro atoms. The Bertz CT molecular complexity index is 960. The lowest BCUT2D eigenvalue weighted by Gasteiger charge is -2.11. The van der Waals surface area contributed by atoms with Crippen molar-refractivity contribution in [3.63, 3.8) is 0 Å². The predicted octanol–water partition coefficient (Wildman–Crippen LogP) is 1.75. The van der Waals surface area contributed by atoms with Gasteiger partial charge in [0.25, 0.3) is 0 Å². The second kappa shape index (κ2) is 8.36.